The topological polar surface area (TPSA) is 55.4 Å². The molecule has 1 N–H and O–H groups in total. The normalized spacial score (nSPS) is 12.1. The molecule has 1 amide bonds. The van der Waals surface area contributed by atoms with Crippen molar-refractivity contribution in [1.29, 1.82) is 0 Å². The third kappa shape index (κ3) is 6.12. The van der Waals surface area contributed by atoms with Crippen LogP contribution in [0, 0.1) is 11.6 Å². The molecule has 1 atom stereocenters. The summed E-state index contributed by atoms with van der Waals surface area (Å²) in [6.07, 6.45) is -0.933. The highest BCUT2D eigenvalue weighted by Gasteiger charge is 2.18. The van der Waals surface area contributed by atoms with E-state index in [9.17, 15) is 18.4 Å². The van der Waals surface area contributed by atoms with Gasteiger partial charge in [0.15, 0.2) is 6.10 Å². The number of carbonyl (C=O) groups excluding carboxylic acids is 2. The largest absolute Gasteiger partial charge is 0.452 e. The number of nitrogens with one attached hydrogen (secondary N) is 1. The van der Waals surface area contributed by atoms with Gasteiger partial charge in [-0.25, -0.2) is 8.78 Å². The van der Waals surface area contributed by atoms with Crippen molar-refractivity contribution in [1.82, 2.24) is 5.32 Å². The zero-order valence-electron chi connectivity index (χ0n) is 12.0. The Morgan fingerprint density at radius 3 is 2.57 bits per heavy atom. The van der Waals surface area contributed by atoms with Gasteiger partial charge in [0.25, 0.3) is 5.91 Å². The van der Waals surface area contributed by atoms with Gasteiger partial charge in [0.05, 0.1) is 5.75 Å². The number of amides is 1. The van der Waals surface area contributed by atoms with Crippen LogP contribution in [0.5, 0.6) is 0 Å². The average molecular weight is 317 g/mol. The van der Waals surface area contributed by atoms with Crippen molar-refractivity contribution < 1.29 is 23.1 Å². The zero-order chi connectivity index (χ0) is 16.0. The van der Waals surface area contributed by atoms with Gasteiger partial charge in [-0.2, -0.15) is 0 Å². The van der Waals surface area contributed by atoms with Crippen molar-refractivity contribution in [2.24, 2.45) is 0 Å². The van der Waals surface area contributed by atoms with Crippen LogP contribution >= 0.6 is 11.8 Å². The van der Waals surface area contributed by atoms with Gasteiger partial charge < -0.3 is 10.1 Å². The molecule has 0 aliphatic heterocycles. The highest BCUT2D eigenvalue weighted by atomic mass is 32.2. The third-order valence-corrected chi connectivity index (χ3v) is 3.35. The second-order valence-electron chi connectivity index (χ2n) is 4.66. The van der Waals surface area contributed by atoms with Gasteiger partial charge >= 0.3 is 5.97 Å². The molecule has 1 rings (SSSR count). The molecule has 0 fully saturated rings. The van der Waals surface area contributed by atoms with Crippen LogP contribution in [0.1, 0.15) is 20.8 Å². The van der Waals surface area contributed by atoms with Crippen molar-refractivity contribution in [3.63, 3.8) is 0 Å². The van der Waals surface area contributed by atoms with Gasteiger partial charge in [0, 0.05) is 10.9 Å². The number of ether oxygens (including phenoxy) is 1. The maximum absolute atomic E-state index is 13.4. The molecule has 4 nitrogen and oxygen atoms in total. The summed E-state index contributed by atoms with van der Waals surface area (Å²) < 4.78 is 31.2. The molecule has 0 radical (unpaired) electrons. The van der Waals surface area contributed by atoms with Gasteiger partial charge in [-0.05, 0) is 39.0 Å². The number of hydrogen-bond acceptors (Lipinski definition) is 4. The highest BCUT2D eigenvalue weighted by Crippen LogP contribution is 2.22. The minimum absolute atomic E-state index is 0.0197. The van der Waals surface area contributed by atoms with Crippen LogP contribution in [-0.4, -0.2) is 29.8 Å². The van der Waals surface area contributed by atoms with Gasteiger partial charge in [-0.15, -0.1) is 11.8 Å². The SMILES string of the molecule is CC(C)NC(=O)[C@H](C)OC(=O)CSc1cc(F)ccc1F. The summed E-state index contributed by atoms with van der Waals surface area (Å²) in [4.78, 5) is 23.2. The smallest absolute Gasteiger partial charge is 0.317 e. The van der Waals surface area contributed by atoms with E-state index in [0.29, 0.717) is 0 Å². The van der Waals surface area contributed by atoms with E-state index >= 15 is 0 Å². The number of benzene rings is 1. The van der Waals surface area contributed by atoms with E-state index in [0.717, 1.165) is 30.0 Å². The fourth-order valence-electron chi connectivity index (χ4n) is 1.41. The monoisotopic (exact) mass is 317 g/mol. The van der Waals surface area contributed by atoms with Crippen LogP contribution < -0.4 is 5.32 Å². The fraction of sp³-hybridized carbons (Fsp3) is 0.429. The van der Waals surface area contributed by atoms with Gasteiger partial charge in [0.2, 0.25) is 0 Å². The molecule has 0 saturated heterocycles. The number of carbonyl (C=O) groups is 2. The molecule has 0 aliphatic rings. The van der Waals surface area contributed by atoms with Gasteiger partial charge in [0.1, 0.15) is 11.6 Å². The van der Waals surface area contributed by atoms with E-state index in [1.54, 1.807) is 13.8 Å². The van der Waals surface area contributed by atoms with Crippen molar-refractivity contribution >= 4 is 23.6 Å². The second-order valence-corrected chi connectivity index (χ2v) is 5.68. The molecule has 0 unspecified atom stereocenters. The molecule has 21 heavy (non-hydrogen) atoms. The first kappa shape index (κ1) is 17.4. The van der Waals surface area contributed by atoms with Crippen LogP contribution in [0.2, 0.25) is 0 Å². The summed E-state index contributed by atoms with van der Waals surface area (Å²) >= 11 is 0.816. The summed E-state index contributed by atoms with van der Waals surface area (Å²) in [6.45, 7) is 5.02. The molecule has 0 spiro atoms. The van der Waals surface area contributed by atoms with Crippen LogP contribution in [0.3, 0.4) is 0 Å². The average Bonchev–Trinajstić information content (AvgIpc) is 2.39. The van der Waals surface area contributed by atoms with Crippen LogP contribution in [0.25, 0.3) is 0 Å². The molecule has 0 aromatic heterocycles. The fourth-order valence-corrected chi connectivity index (χ4v) is 2.15. The number of rotatable bonds is 6. The summed E-state index contributed by atoms with van der Waals surface area (Å²) in [5, 5.41) is 2.61. The lowest BCUT2D eigenvalue weighted by atomic mass is 10.3. The Bertz CT molecular complexity index is 523. The standard InChI is InChI=1S/C14H17F2NO3S/c1-8(2)17-14(19)9(3)20-13(18)7-21-12-6-10(15)4-5-11(12)16/h4-6,8-9H,7H2,1-3H3,(H,17,19)/t9-/m0/s1. The molecule has 0 heterocycles. The maximum atomic E-state index is 13.4. The third-order valence-electron chi connectivity index (χ3n) is 2.35. The Kier molecular flexibility index (Phi) is 6.61. The number of halogens is 2. The Balaban J connectivity index is 2.47. The van der Waals surface area contributed by atoms with Crippen LogP contribution in [0.15, 0.2) is 23.1 Å². The Hall–Kier alpha value is -1.63. The molecular weight excluding hydrogens is 300 g/mol. The predicted molar refractivity (Wildman–Crippen MR) is 75.9 cm³/mol. The zero-order valence-corrected chi connectivity index (χ0v) is 12.8. The molecule has 0 bridgehead atoms. The number of esters is 1. The predicted octanol–water partition coefficient (Wildman–Crippen LogP) is 2.51. The number of hydrogen-bond donors (Lipinski definition) is 1. The first-order valence-corrected chi connectivity index (χ1v) is 7.36. The lowest BCUT2D eigenvalue weighted by Crippen LogP contribution is -2.39. The summed E-state index contributed by atoms with van der Waals surface area (Å²) in [6, 6.07) is 2.93. The lowest BCUT2D eigenvalue weighted by molar-refractivity contribution is -0.152. The number of thioether (sulfide) groups is 1. The van der Waals surface area contributed by atoms with Crippen molar-refractivity contribution in [3.8, 4) is 0 Å². The van der Waals surface area contributed by atoms with Gasteiger partial charge in [-0.3, -0.25) is 9.59 Å². The van der Waals surface area contributed by atoms with Crippen molar-refractivity contribution in [2.75, 3.05) is 5.75 Å². The van der Waals surface area contributed by atoms with Crippen molar-refractivity contribution in [2.45, 2.75) is 37.8 Å². The second kappa shape index (κ2) is 7.97. The summed E-state index contributed by atoms with van der Waals surface area (Å²) in [5.74, 6) is -2.48. The molecule has 0 saturated carbocycles. The first-order chi connectivity index (χ1) is 9.79. The Labute approximate surface area is 126 Å². The van der Waals surface area contributed by atoms with E-state index in [4.69, 9.17) is 4.74 Å². The minimum atomic E-state index is -0.933. The highest BCUT2D eigenvalue weighted by molar-refractivity contribution is 8.00. The van der Waals surface area contributed by atoms with Crippen LogP contribution in [0.4, 0.5) is 8.78 Å². The van der Waals surface area contributed by atoms with E-state index in [1.165, 1.54) is 6.92 Å². The maximum Gasteiger partial charge on any atom is 0.317 e. The van der Waals surface area contributed by atoms with E-state index in [2.05, 4.69) is 5.32 Å². The van der Waals surface area contributed by atoms with E-state index < -0.39 is 29.6 Å². The Morgan fingerprint density at radius 1 is 1.29 bits per heavy atom. The molecule has 1 aromatic rings. The molecule has 1 aromatic carbocycles. The van der Waals surface area contributed by atoms with Gasteiger partial charge in [-0.1, -0.05) is 0 Å². The van der Waals surface area contributed by atoms with E-state index in [1.807, 2.05) is 0 Å². The van der Waals surface area contributed by atoms with Crippen molar-refractivity contribution in [3.05, 3.63) is 29.8 Å². The summed E-state index contributed by atoms with van der Waals surface area (Å²) in [7, 11) is 0. The first-order valence-electron chi connectivity index (χ1n) is 6.37. The minimum Gasteiger partial charge on any atom is -0.452 e. The van der Waals surface area contributed by atoms with E-state index in [-0.39, 0.29) is 16.7 Å². The van der Waals surface area contributed by atoms with Crippen LogP contribution in [-0.2, 0) is 14.3 Å². The summed E-state index contributed by atoms with van der Waals surface area (Å²) in [5.41, 5.74) is 0. The molecule has 116 valence electrons. The molecular formula is C14H17F2NO3S. The molecule has 7 heteroatoms. The molecule has 0 aliphatic carbocycles. The Morgan fingerprint density at radius 2 is 1.95 bits per heavy atom. The quantitative estimate of drug-likeness (QED) is 0.647. The lowest BCUT2D eigenvalue weighted by Gasteiger charge is -2.15.